The third-order valence-electron chi connectivity index (χ3n) is 7.63. The quantitative estimate of drug-likeness (QED) is 0.132. The van der Waals surface area contributed by atoms with E-state index in [0.717, 1.165) is 16.0 Å². The molecule has 0 bridgehead atoms. The number of aliphatic hydroxyl groups is 1. The first kappa shape index (κ1) is 36.1. The zero-order chi connectivity index (χ0) is 34.5. The number of alkyl carbamates (subject to hydrolysis) is 1. The van der Waals surface area contributed by atoms with Crippen LogP contribution in [0.4, 0.5) is 9.59 Å². The van der Waals surface area contributed by atoms with Gasteiger partial charge in [0.2, 0.25) is 5.91 Å². The molecule has 256 valence electrons. The van der Waals surface area contributed by atoms with E-state index >= 15 is 0 Å². The maximum Gasteiger partial charge on any atom is 0.407 e. The average Bonchev–Trinajstić information content (AvgIpc) is 3.77. The summed E-state index contributed by atoms with van der Waals surface area (Å²) in [6, 6.07) is 16.5. The van der Waals surface area contributed by atoms with Gasteiger partial charge < -0.3 is 35.1 Å². The van der Waals surface area contributed by atoms with Crippen molar-refractivity contribution in [2.24, 2.45) is 0 Å². The lowest BCUT2D eigenvalue weighted by molar-refractivity contribution is -0.123. The van der Waals surface area contributed by atoms with Crippen molar-refractivity contribution in [1.82, 2.24) is 30.8 Å². The van der Waals surface area contributed by atoms with Gasteiger partial charge in [-0.05, 0) is 37.3 Å². The molecule has 4 N–H and O–H groups in total. The van der Waals surface area contributed by atoms with E-state index in [1.807, 2.05) is 74.5 Å². The van der Waals surface area contributed by atoms with E-state index in [1.54, 1.807) is 25.7 Å². The predicted octanol–water partition coefficient (Wildman–Crippen LogP) is 4.80. The summed E-state index contributed by atoms with van der Waals surface area (Å²) in [4.78, 5) is 49.8. The lowest BCUT2D eigenvalue weighted by atomic mass is 9.93. The van der Waals surface area contributed by atoms with Crippen molar-refractivity contribution in [3.63, 3.8) is 0 Å². The van der Waals surface area contributed by atoms with Crippen LogP contribution in [0.3, 0.4) is 0 Å². The van der Waals surface area contributed by atoms with Crippen molar-refractivity contribution in [2.75, 3.05) is 7.05 Å². The van der Waals surface area contributed by atoms with Crippen LogP contribution < -0.4 is 16.0 Å². The molecular weight excluding hydrogens is 632 g/mol. The van der Waals surface area contributed by atoms with Crippen molar-refractivity contribution < 1.29 is 28.6 Å². The number of oxazole rings is 1. The van der Waals surface area contributed by atoms with E-state index in [-0.39, 0.29) is 25.5 Å². The number of hydrogen-bond acceptors (Lipinski definition) is 9. The maximum absolute atomic E-state index is 13.4. The molecule has 2 aromatic carbocycles. The van der Waals surface area contributed by atoms with Crippen molar-refractivity contribution in [1.29, 1.82) is 0 Å². The topological polar surface area (TPSA) is 159 Å². The third-order valence-corrected chi connectivity index (χ3v) is 8.39. The number of rotatable bonds is 16. The molecule has 2 aromatic heterocycles. The molecule has 48 heavy (non-hydrogen) atoms. The standard InChI is InChI=1S/C35H44N6O6S/c1-23(2)33-39-28(20-46-33)19-41(4)34(44)37-24(3)32(43)38-27(15-25-11-7-5-8-12-25)17-31(42)30(16-26-13-9-6-10-14-26)40-35(45)47-21-29-18-36-22-48-29/h5-14,18,20,22-24,27,30-31,42H,15-17,19,21H2,1-4H3,(H,37,44)(H,38,43)(H,40,45)/t24-,27-,30-,31-/m0/s1. The Balaban J connectivity index is 1.41. The fourth-order valence-corrected chi connectivity index (χ4v) is 5.51. The van der Waals surface area contributed by atoms with Gasteiger partial charge in [-0.25, -0.2) is 14.6 Å². The minimum atomic E-state index is -1.05. The molecule has 12 nitrogen and oxygen atoms in total. The Kier molecular flexibility index (Phi) is 13.5. The Hall–Kier alpha value is -4.75. The van der Waals surface area contributed by atoms with E-state index in [0.29, 0.717) is 24.4 Å². The molecule has 0 spiro atoms. The molecule has 0 aliphatic carbocycles. The Morgan fingerprint density at radius 1 is 0.958 bits per heavy atom. The molecule has 0 aliphatic rings. The fourth-order valence-electron chi connectivity index (χ4n) is 5.00. The van der Waals surface area contributed by atoms with E-state index in [4.69, 9.17) is 9.15 Å². The van der Waals surface area contributed by atoms with Crippen LogP contribution >= 0.6 is 11.3 Å². The SMILES string of the molecule is CC(C)c1nc(CN(C)C(=O)N[C@@H](C)C(=O)N[C@@H](Cc2ccccc2)C[C@H](O)[C@H](Cc2ccccc2)NC(=O)OCc2cncs2)co1. The van der Waals surface area contributed by atoms with E-state index < -0.39 is 42.3 Å². The van der Waals surface area contributed by atoms with Gasteiger partial charge in [-0.15, -0.1) is 11.3 Å². The minimum absolute atomic E-state index is 0.0632. The van der Waals surface area contributed by atoms with Gasteiger partial charge in [0.1, 0.15) is 18.9 Å². The zero-order valence-corrected chi connectivity index (χ0v) is 28.5. The summed E-state index contributed by atoms with van der Waals surface area (Å²) < 4.78 is 10.9. The van der Waals surface area contributed by atoms with Crippen LogP contribution in [0.25, 0.3) is 0 Å². The molecule has 2 heterocycles. The van der Waals surface area contributed by atoms with Gasteiger partial charge in [-0.3, -0.25) is 9.78 Å². The lowest BCUT2D eigenvalue weighted by Crippen LogP contribution is -2.53. The molecule has 0 aliphatic heterocycles. The minimum Gasteiger partial charge on any atom is -0.448 e. The largest absolute Gasteiger partial charge is 0.448 e. The number of ether oxygens (including phenoxy) is 1. The number of aliphatic hydroxyl groups excluding tert-OH is 1. The molecule has 0 unspecified atom stereocenters. The van der Waals surface area contributed by atoms with Gasteiger partial charge in [-0.1, -0.05) is 74.5 Å². The number of carbonyl (C=O) groups excluding carboxylic acids is 3. The van der Waals surface area contributed by atoms with Crippen LogP contribution in [0, 0.1) is 0 Å². The summed E-state index contributed by atoms with van der Waals surface area (Å²) in [5.41, 5.74) is 4.14. The highest BCUT2D eigenvalue weighted by Crippen LogP contribution is 2.16. The summed E-state index contributed by atoms with van der Waals surface area (Å²) in [5.74, 6) is 0.300. The van der Waals surface area contributed by atoms with E-state index in [1.165, 1.54) is 22.5 Å². The number of nitrogens with zero attached hydrogens (tertiary/aromatic N) is 3. The first-order valence-electron chi connectivity index (χ1n) is 15.9. The van der Waals surface area contributed by atoms with Gasteiger partial charge in [0.15, 0.2) is 5.89 Å². The van der Waals surface area contributed by atoms with Crippen LogP contribution in [0.1, 0.15) is 60.7 Å². The normalized spacial score (nSPS) is 13.6. The highest BCUT2D eigenvalue weighted by Gasteiger charge is 2.28. The number of thiazole rings is 1. The predicted molar refractivity (Wildman–Crippen MR) is 182 cm³/mol. The number of benzene rings is 2. The second kappa shape index (κ2) is 18.0. The van der Waals surface area contributed by atoms with Crippen LogP contribution in [0.5, 0.6) is 0 Å². The molecule has 4 aromatic rings. The van der Waals surface area contributed by atoms with Crippen molar-refractivity contribution in [3.8, 4) is 0 Å². The number of nitrogens with one attached hydrogen (secondary N) is 3. The molecule has 0 fully saturated rings. The summed E-state index contributed by atoms with van der Waals surface area (Å²) in [7, 11) is 1.61. The Morgan fingerprint density at radius 2 is 1.62 bits per heavy atom. The van der Waals surface area contributed by atoms with Crippen molar-refractivity contribution in [3.05, 3.63) is 106 Å². The molecule has 4 amide bonds. The third kappa shape index (κ3) is 11.5. The molecule has 0 radical (unpaired) electrons. The summed E-state index contributed by atoms with van der Waals surface area (Å²) in [6.07, 6.45) is 2.32. The maximum atomic E-state index is 13.4. The molecule has 4 atom stereocenters. The molecule has 13 heteroatoms. The van der Waals surface area contributed by atoms with Gasteiger partial charge in [-0.2, -0.15) is 0 Å². The lowest BCUT2D eigenvalue weighted by Gasteiger charge is -2.29. The summed E-state index contributed by atoms with van der Waals surface area (Å²) in [5, 5.41) is 20.1. The number of amides is 4. The number of carbonyl (C=O) groups is 3. The van der Waals surface area contributed by atoms with Crippen molar-refractivity contribution in [2.45, 2.75) is 83.3 Å². The fraction of sp³-hybridized carbons (Fsp3) is 0.400. The Bertz CT molecular complexity index is 1570. The van der Waals surface area contributed by atoms with Crippen LogP contribution in [0.2, 0.25) is 0 Å². The van der Waals surface area contributed by atoms with Crippen LogP contribution in [-0.4, -0.2) is 69.3 Å². The Labute approximate surface area is 284 Å². The van der Waals surface area contributed by atoms with Crippen molar-refractivity contribution >= 4 is 29.4 Å². The summed E-state index contributed by atoms with van der Waals surface area (Å²) in [6.45, 7) is 5.81. The first-order chi connectivity index (χ1) is 23.1. The molecule has 0 saturated heterocycles. The van der Waals surface area contributed by atoms with Crippen LogP contribution in [0.15, 0.2) is 83.1 Å². The zero-order valence-electron chi connectivity index (χ0n) is 27.7. The number of urea groups is 1. The molecular formula is C35H44N6O6S. The highest BCUT2D eigenvalue weighted by molar-refractivity contribution is 7.09. The van der Waals surface area contributed by atoms with Gasteiger partial charge >= 0.3 is 12.1 Å². The highest BCUT2D eigenvalue weighted by atomic mass is 32.1. The molecule has 0 saturated carbocycles. The average molecular weight is 677 g/mol. The van der Waals surface area contributed by atoms with Gasteiger partial charge in [0.25, 0.3) is 0 Å². The second-order valence-electron chi connectivity index (χ2n) is 12.0. The Morgan fingerprint density at radius 3 is 2.23 bits per heavy atom. The first-order valence-corrected chi connectivity index (χ1v) is 16.8. The second-order valence-corrected chi connectivity index (χ2v) is 13.0. The smallest absolute Gasteiger partial charge is 0.407 e. The monoisotopic (exact) mass is 676 g/mol. The molecule has 4 rings (SSSR count). The van der Waals surface area contributed by atoms with Crippen LogP contribution in [-0.2, 0) is 35.5 Å². The van der Waals surface area contributed by atoms with Gasteiger partial charge in [0, 0.05) is 25.2 Å². The van der Waals surface area contributed by atoms with E-state index in [9.17, 15) is 19.5 Å². The summed E-state index contributed by atoms with van der Waals surface area (Å²) >= 11 is 1.38. The number of aromatic nitrogens is 2. The van der Waals surface area contributed by atoms with Gasteiger partial charge in [0.05, 0.1) is 34.8 Å². The number of hydrogen-bond donors (Lipinski definition) is 4. The van der Waals surface area contributed by atoms with E-state index in [2.05, 4.69) is 25.9 Å².